The first kappa shape index (κ1) is 13.2. The standard InChI is InChI=1S/C11H12N2O3S/c1-3-5-11(14)13-9-6-4-7-10(8(9)2)17(12,15)16/h4,6-7H,1-2H3,(H,13,14)(H2,12,15,16). The number of carbonyl (C=O) groups excluding carboxylic acids is 1. The number of sulfonamides is 1. The maximum absolute atomic E-state index is 11.3. The highest BCUT2D eigenvalue weighted by Crippen LogP contribution is 2.21. The summed E-state index contributed by atoms with van der Waals surface area (Å²) in [5.41, 5.74) is 0.769. The summed E-state index contributed by atoms with van der Waals surface area (Å²) in [7, 11) is -3.79. The van der Waals surface area contributed by atoms with Crippen molar-refractivity contribution < 1.29 is 13.2 Å². The number of nitrogens with one attached hydrogen (secondary N) is 1. The quantitative estimate of drug-likeness (QED) is 0.755. The summed E-state index contributed by atoms with van der Waals surface area (Å²) in [6, 6.07) is 4.47. The molecule has 0 fully saturated rings. The summed E-state index contributed by atoms with van der Waals surface area (Å²) in [6.07, 6.45) is 0. The number of rotatable bonds is 2. The topological polar surface area (TPSA) is 89.3 Å². The second-order valence-electron chi connectivity index (χ2n) is 3.30. The van der Waals surface area contributed by atoms with Crippen LogP contribution in [0.15, 0.2) is 23.1 Å². The van der Waals surface area contributed by atoms with Crippen molar-refractivity contribution in [3.8, 4) is 11.8 Å². The zero-order valence-electron chi connectivity index (χ0n) is 9.44. The van der Waals surface area contributed by atoms with Gasteiger partial charge in [0.1, 0.15) is 0 Å². The fourth-order valence-corrected chi connectivity index (χ4v) is 2.13. The third-order valence-corrected chi connectivity index (χ3v) is 3.13. The van der Waals surface area contributed by atoms with Gasteiger partial charge in [-0.05, 0) is 37.5 Å². The van der Waals surface area contributed by atoms with Crippen LogP contribution in [-0.4, -0.2) is 14.3 Å². The molecule has 1 aromatic rings. The average molecular weight is 252 g/mol. The molecule has 0 aliphatic carbocycles. The third-order valence-electron chi connectivity index (χ3n) is 2.08. The minimum Gasteiger partial charge on any atom is -0.315 e. The maximum atomic E-state index is 11.3. The van der Waals surface area contributed by atoms with Crippen LogP contribution in [0, 0.1) is 18.8 Å². The molecule has 0 radical (unpaired) electrons. The highest BCUT2D eigenvalue weighted by Gasteiger charge is 2.14. The van der Waals surface area contributed by atoms with Crippen LogP contribution < -0.4 is 10.5 Å². The van der Waals surface area contributed by atoms with Crippen LogP contribution in [0.5, 0.6) is 0 Å². The molecule has 0 aromatic heterocycles. The number of carbonyl (C=O) groups is 1. The first-order valence-corrected chi connectivity index (χ1v) is 6.27. The molecule has 5 nitrogen and oxygen atoms in total. The maximum Gasteiger partial charge on any atom is 0.300 e. The van der Waals surface area contributed by atoms with Crippen LogP contribution in [0.3, 0.4) is 0 Å². The number of hydrogen-bond donors (Lipinski definition) is 2. The van der Waals surface area contributed by atoms with Gasteiger partial charge >= 0.3 is 0 Å². The zero-order chi connectivity index (χ0) is 13.1. The molecule has 6 heteroatoms. The summed E-state index contributed by atoms with van der Waals surface area (Å²) in [5, 5.41) is 7.54. The Morgan fingerprint density at radius 2 is 2.06 bits per heavy atom. The largest absolute Gasteiger partial charge is 0.315 e. The molecule has 0 atom stereocenters. The van der Waals surface area contributed by atoms with E-state index in [-0.39, 0.29) is 4.90 Å². The Bertz CT molecular complexity index is 609. The Morgan fingerprint density at radius 1 is 1.41 bits per heavy atom. The molecule has 1 rings (SSSR count). The van der Waals surface area contributed by atoms with Crippen LogP contribution in [0.1, 0.15) is 12.5 Å². The molecule has 0 spiro atoms. The molecular formula is C11H12N2O3S. The van der Waals surface area contributed by atoms with Crippen molar-refractivity contribution in [1.29, 1.82) is 0 Å². The van der Waals surface area contributed by atoms with Gasteiger partial charge in [0.25, 0.3) is 5.91 Å². The number of primary sulfonamides is 1. The van der Waals surface area contributed by atoms with E-state index in [1.54, 1.807) is 13.0 Å². The van der Waals surface area contributed by atoms with Gasteiger partial charge in [-0.25, -0.2) is 13.6 Å². The van der Waals surface area contributed by atoms with E-state index in [0.717, 1.165) is 0 Å². The predicted octanol–water partition coefficient (Wildman–Crippen LogP) is 0.604. The highest BCUT2D eigenvalue weighted by atomic mass is 32.2. The van der Waals surface area contributed by atoms with E-state index in [1.165, 1.54) is 19.1 Å². The summed E-state index contributed by atoms with van der Waals surface area (Å²) < 4.78 is 22.5. The fraction of sp³-hybridized carbons (Fsp3) is 0.182. The van der Waals surface area contributed by atoms with Crippen LogP contribution >= 0.6 is 0 Å². The number of benzene rings is 1. The van der Waals surface area contributed by atoms with Crippen molar-refractivity contribution in [3.05, 3.63) is 23.8 Å². The molecule has 0 saturated heterocycles. The van der Waals surface area contributed by atoms with E-state index in [0.29, 0.717) is 11.3 Å². The van der Waals surface area contributed by atoms with Gasteiger partial charge in [-0.1, -0.05) is 12.0 Å². The van der Waals surface area contributed by atoms with Gasteiger partial charge in [0.15, 0.2) is 0 Å². The van der Waals surface area contributed by atoms with Gasteiger partial charge < -0.3 is 5.32 Å². The zero-order valence-corrected chi connectivity index (χ0v) is 10.3. The lowest BCUT2D eigenvalue weighted by molar-refractivity contribution is -0.111. The van der Waals surface area contributed by atoms with Crippen LogP contribution in [-0.2, 0) is 14.8 Å². The second-order valence-corrected chi connectivity index (χ2v) is 4.83. The van der Waals surface area contributed by atoms with Crippen molar-refractivity contribution in [2.75, 3.05) is 5.32 Å². The van der Waals surface area contributed by atoms with Crippen molar-refractivity contribution >= 4 is 21.6 Å². The molecule has 0 aliphatic rings. The Morgan fingerprint density at radius 3 is 2.59 bits per heavy atom. The van der Waals surface area contributed by atoms with Crippen molar-refractivity contribution in [2.24, 2.45) is 5.14 Å². The average Bonchev–Trinajstić information content (AvgIpc) is 2.19. The molecule has 1 amide bonds. The summed E-state index contributed by atoms with van der Waals surface area (Å²) in [4.78, 5) is 11.2. The molecule has 17 heavy (non-hydrogen) atoms. The lowest BCUT2D eigenvalue weighted by Crippen LogP contribution is -2.16. The molecule has 3 N–H and O–H groups in total. The molecule has 90 valence electrons. The number of anilines is 1. The molecule has 0 bridgehead atoms. The SMILES string of the molecule is CC#CC(=O)Nc1cccc(S(N)(=O)=O)c1C. The lowest BCUT2D eigenvalue weighted by Gasteiger charge is -2.09. The monoisotopic (exact) mass is 252 g/mol. The summed E-state index contributed by atoms with van der Waals surface area (Å²) >= 11 is 0. The number of nitrogens with two attached hydrogens (primary N) is 1. The Kier molecular flexibility index (Phi) is 3.89. The van der Waals surface area contributed by atoms with Crippen molar-refractivity contribution in [3.63, 3.8) is 0 Å². The van der Waals surface area contributed by atoms with Gasteiger partial charge in [0.05, 0.1) is 4.90 Å². The molecule has 0 aliphatic heterocycles. The van der Waals surface area contributed by atoms with Crippen molar-refractivity contribution in [1.82, 2.24) is 0 Å². The van der Waals surface area contributed by atoms with Gasteiger partial charge in [-0.15, -0.1) is 0 Å². The van der Waals surface area contributed by atoms with E-state index < -0.39 is 15.9 Å². The second kappa shape index (κ2) is 4.99. The van der Waals surface area contributed by atoms with Gasteiger partial charge in [-0.2, -0.15) is 0 Å². The van der Waals surface area contributed by atoms with E-state index in [1.807, 2.05) is 0 Å². The lowest BCUT2D eigenvalue weighted by atomic mass is 10.2. The normalized spacial score (nSPS) is 10.3. The smallest absolute Gasteiger partial charge is 0.300 e. The van der Waals surface area contributed by atoms with Crippen LogP contribution in [0.4, 0.5) is 5.69 Å². The van der Waals surface area contributed by atoms with Gasteiger partial charge in [-0.3, -0.25) is 4.79 Å². The number of amides is 1. The molecule has 0 unspecified atom stereocenters. The van der Waals surface area contributed by atoms with Crippen LogP contribution in [0.2, 0.25) is 0 Å². The molecule has 0 saturated carbocycles. The third kappa shape index (κ3) is 3.31. The van der Waals surface area contributed by atoms with E-state index in [9.17, 15) is 13.2 Å². The van der Waals surface area contributed by atoms with Gasteiger partial charge in [0.2, 0.25) is 10.0 Å². The van der Waals surface area contributed by atoms with Gasteiger partial charge in [0, 0.05) is 5.69 Å². The first-order valence-electron chi connectivity index (χ1n) is 4.72. The fourth-order valence-electron chi connectivity index (χ4n) is 1.33. The van der Waals surface area contributed by atoms with E-state index in [4.69, 9.17) is 5.14 Å². The summed E-state index contributed by atoms with van der Waals surface area (Å²) in [5.74, 6) is 4.25. The Balaban J connectivity index is 3.19. The summed E-state index contributed by atoms with van der Waals surface area (Å²) in [6.45, 7) is 3.10. The predicted molar refractivity (Wildman–Crippen MR) is 64.6 cm³/mol. The molecule has 0 heterocycles. The minimum atomic E-state index is -3.79. The van der Waals surface area contributed by atoms with Crippen molar-refractivity contribution in [2.45, 2.75) is 18.7 Å². The number of hydrogen-bond acceptors (Lipinski definition) is 3. The van der Waals surface area contributed by atoms with Crippen LogP contribution in [0.25, 0.3) is 0 Å². The highest BCUT2D eigenvalue weighted by molar-refractivity contribution is 7.89. The minimum absolute atomic E-state index is 0.0141. The van der Waals surface area contributed by atoms with E-state index in [2.05, 4.69) is 17.2 Å². The first-order chi connectivity index (χ1) is 7.86. The Hall–Kier alpha value is -1.84. The molecule has 1 aromatic carbocycles. The van der Waals surface area contributed by atoms with E-state index >= 15 is 0 Å². The molecular weight excluding hydrogens is 240 g/mol. The Labute approximate surface area is 100 Å².